The molecule has 8 heteroatoms. The second-order valence-corrected chi connectivity index (χ2v) is 9.98. The van der Waals surface area contributed by atoms with Crippen molar-refractivity contribution in [3.05, 3.63) is 102 Å². The lowest BCUT2D eigenvalue weighted by molar-refractivity contribution is -0.118. The second-order valence-electron chi connectivity index (χ2n) is 8.52. The number of rotatable bonds is 9. The average Bonchev–Trinajstić information content (AvgIpc) is 3.60. The van der Waals surface area contributed by atoms with E-state index in [9.17, 15) is 9.00 Å². The molecule has 1 atom stereocenters. The Morgan fingerprint density at radius 3 is 2.66 bits per heavy atom. The number of benzene rings is 2. The molecule has 3 aromatic heterocycles. The number of amides is 1. The third-order valence-corrected chi connectivity index (χ3v) is 7.13. The molecule has 3 heterocycles. The Kier molecular flexibility index (Phi) is 6.63. The van der Waals surface area contributed by atoms with Crippen molar-refractivity contribution in [2.45, 2.75) is 19.1 Å². The zero-order valence-electron chi connectivity index (χ0n) is 19.5. The number of nitrogens with zero attached hydrogens (tertiary/aromatic N) is 3. The molecule has 0 fully saturated rings. The maximum Gasteiger partial charge on any atom is 0.232 e. The molecule has 0 aliphatic rings. The standard InChI is InChI=1S/C27H27N5O2S/c1-20-9-10-25-24(15-20)21(16-29-25)11-12-28-26(33)19-35(34)18-22-17-30-32(23-7-3-2-4-8-23)27(22)31-13-5-6-14-31/h2-10,13-17,29H,11-12,18-19H2,1H3,(H,28,33). The van der Waals surface area contributed by atoms with Crippen LogP contribution in [0.2, 0.25) is 0 Å². The molecule has 178 valence electrons. The lowest BCUT2D eigenvalue weighted by Gasteiger charge is -2.11. The molecule has 35 heavy (non-hydrogen) atoms. The first-order valence-electron chi connectivity index (χ1n) is 11.5. The number of hydrogen-bond donors (Lipinski definition) is 2. The van der Waals surface area contributed by atoms with Crippen LogP contribution in [0.5, 0.6) is 0 Å². The van der Waals surface area contributed by atoms with Gasteiger partial charge in [-0.1, -0.05) is 29.8 Å². The summed E-state index contributed by atoms with van der Waals surface area (Å²) in [6.07, 6.45) is 8.30. The van der Waals surface area contributed by atoms with Crippen LogP contribution in [0.15, 0.2) is 85.5 Å². The largest absolute Gasteiger partial charge is 0.361 e. The minimum absolute atomic E-state index is 0.0470. The molecule has 5 aromatic rings. The minimum atomic E-state index is -1.37. The van der Waals surface area contributed by atoms with E-state index in [0.29, 0.717) is 13.0 Å². The van der Waals surface area contributed by atoms with E-state index in [1.165, 1.54) is 10.9 Å². The average molecular weight is 486 g/mol. The van der Waals surface area contributed by atoms with E-state index in [-0.39, 0.29) is 17.4 Å². The van der Waals surface area contributed by atoms with Crippen LogP contribution < -0.4 is 5.32 Å². The lowest BCUT2D eigenvalue weighted by Crippen LogP contribution is -2.30. The Bertz CT molecular complexity index is 1470. The van der Waals surface area contributed by atoms with Crippen LogP contribution in [-0.4, -0.2) is 41.7 Å². The number of aryl methyl sites for hydroxylation is 1. The number of aromatic nitrogens is 4. The third kappa shape index (κ3) is 5.12. The van der Waals surface area contributed by atoms with Crippen molar-refractivity contribution in [2.24, 2.45) is 0 Å². The fourth-order valence-electron chi connectivity index (χ4n) is 4.24. The van der Waals surface area contributed by atoms with Gasteiger partial charge in [0.05, 0.1) is 17.6 Å². The Morgan fingerprint density at radius 1 is 1.06 bits per heavy atom. The molecular formula is C27H27N5O2S. The Morgan fingerprint density at radius 2 is 1.86 bits per heavy atom. The highest BCUT2D eigenvalue weighted by Crippen LogP contribution is 2.22. The van der Waals surface area contributed by atoms with E-state index in [2.05, 4.69) is 40.5 Å². The number of nitrogens with one attached hydrogen (secondary N) is 2. The summed E-state index contributed by atoms with van der Waals surface area (Å²) in [6, 6.07) is 20.0. The van der Waals surface area contributed by atoms with E-state index in [0.717, 1.165) is 28.1 Å². The highest BCUT2D eigenvalue weighted by atomic mass is 32.2. The summed E-state index contributed by atoms with van der Waals surface area (Å²) in [6.45, 7) is 2.57. The van der Waals surface area contributed by atoms with Crippen molar-refractivity contribution >= 4 is 27.6 Å². The Labute approximate surface area is 206 Å². The van der Waals surface area contributed by atoms with Crippen LogP contribution in [-0.2, 0) is 27.8 Å². The van der Waals surface area contributed by atoms with Crippen LogP contribution >= 0.6 is 0 Å². The highest BCUT2D eigenvalue weighted by Gasteiger charge is 2.17. The van der Waals surface area contributed by atoms with Crippen LogP contribution in [0.4, 0.5) is 0 Å². The molecule has 0 aliphatic carbocycles. The van der Waals surface area contributed by atoms with Crippen LogP contribution in [0.25, 0.3) is 22.4 Å². The summed E-state index contributed by atoms with van der Waals surface area (Å²) in [5.41, 5.74) is 5.19. The van der Waals surface area contributed by atoms with Gasteiger partial charge in [-0.3, -0.25) is 9.00 Å². The lowest BCUT2D eigenvalue weighted by atomic mass is 10.1. The van der Waals surface area contributed by atoms with Crippen molar-refractivity contribution in [2.75, 3.05) is 12.3 Å². The quantitative estimate of drug-likeness (QED) is 0.330. The normalized spacial score (nSPS) is 12.1. The van der Waals surface area contributed by atoms with E-state index in [1.54, 1.807) is 6.20 Å². The Balaban J connectivity index is 1.22. The molecule has 1 amide bonds. The van der Waals surface area contributed by atoms with Gasteiger partial charge in [-0.2, -0.15) is 5.10 Å². The molecular weight excluding hydrogens is 458 g/mol. The summed E-state index contributed by atoms with van der Waals surface area (Å²) in [7, 11) is -1.37. The number of hydrogen-bond acceptors (Lipinski definition) is 3. The fourth-order valence-corrected chi connectivity index (χ4v) is 5.29. The van der Waals surface area contributed by atoms with Crippen molar-refractivity contribution < 1.29 is 9.00 Å². The van der Waals surface area contributed by atoms with Gasteiger partial charge in [-0.05, 0) is 55.3 Å². The molecule has 0 radical (unpaired) electrons. The van der Waals surface area contributed by atoms with E-state index < -0.39 is 10.8 Å². The maximum atomic E-state index is 12.9. The van der Waals surface area contributed by atoms with Gasteiger partial charge < -0.3 is 14.9 Å². The molecule has 7 nitrogen and oxygen atoms in total. The topological polar surface area (TPSA) is 84.7 Å². The van der Waals surface area contributed by atoms with Crippen molar-refractivity contribution in [1.82, 2.24) is 24.6 Å². The van der Waals surface area contributed by atoms with Crippen molar-refractivity contribution in [3.8, 4) is 11.5 Å². The number of fused-ring (bicyclic) bond motifs is 1. The van der Waals surface area contributed by atoms with Crippen LogP contribution in [0, 0.1) is 6.92 Å². The molecule has 5 rings (SSSR count). The predicted molar refractivity (Wildman–Crippen MR) is 139 cm³/mol. The summed E-state index contributed by atoms with van der Waals surface area (Å²) in [4.78, 5) is 15.8. The predicted octanol–water partition coefficient (Wildman–Crippen LogP) is 4.06. The van der Waals surface area contributed by atoms with E-state index in [4.69, 9.17) is 0 Å². The SMILES string of the molecule is Cc1ccc2[nH]cc(CCNC(=O)CS(=O)Cc3cnn(-c4ccccc4)c3-n3cccc3)c2c1. The second kappa shape index (κ2) is 10.1. The molecule has 0 aliphatic heterocycles. The van der Waals surface area contributed by atoms with Gasteiger partial charge in [-0.25, -0.2) is 4.68 Å². The van der Waals surface area contributed by atoms with Gasteiger partial charge >= 0.3 is 0 Å². The molecule has 0 saturated heterocycles. The van der Waals surface area contributed by atoms with E-state index >= 15 is 0 Å². The number of carbonyl (C=O) groups excluding carboxylic acids is 1. The smallest absolute Gasteiger partial charge is 0.232 e. The van der Waals surface area contributed by atoms with Gasteiger partial charge in [0.25, 0.3) is 0 Å². The first-order chi connectivity index (χ1) is 17.1. The molecule has 2 N–H and O–H groups in total. The molecule has 0 bridgehead atoms. The third-order valence-electron chi connectivity index (χ3n) is 5.91. The maximum absolute atomic E-state index is 12.9. The van der Waals surface area contributed by atoms with Gasteiger partial charge in [0, 0.05) is 52.4 Å². The summed E-state index contributed by atoms with van der Waals surface area (Å²) in [5, 5.41) is 8.64. The number of aromatic amines is 1. The number of carbonyl (C=O) groups is 1. The van der Waals surface area contributed by atoms with Gasteiger partial charge in [0.15, 0.2) is 0 Å². The fraction of sp³-hybridized carbons (Fsp3) is 0.185. The summed E-state index contributed by atoms with van der Waals surface area (Å²) in [5.74, 6) is 0.811. The molecule has 0 spiro atoms. The zero-order chi connectivity index (χ0) is 24.2. The van der Waals surface area contributed by atoms with Crippen molar-refractivity contribution in [1.29, 1.82) is 0 Å². The number of H-pyrrole nitrogens is 1. The van der Waals surface area contributed by atoms with Crippen LogP contribution in [0.1, 0.15) is 16.7 Å². The first kappa shape index (κ1) is 22.9. The zero-order valence-corrected chi connectivity index (χ0v) is 20.3. The molecule has 1 unspecified atom stereocenters. The van der Waals surface area contributed by atoms with Gasteiger partial charge in [-0.15, -0.1) is 0 Å². The summed E-state index contributed by atoms with van der Waals surface area (Å²) >= 11 is 0. The van der Waals surface area contributed by atoms with Crippen molar-refractivity contribution in [3.63, 3.8) is 0 Å². The first-order valence-corrected chi connectivity index (χ1v) is 13.0. The minimum Gasteiger partial charge on any atom is -0.361 e. The van der Waals surface area contributed by atoms with Crippen LogP contribution in [0.3, 0.4) is 0 Å². The molecule has 2 aromatic carbocycles. The highest BCUT2D eigenvalue weighted by molar-refractivity contribution is 7.84. The number of para-hydroxylation sites is 1. The summed E-state index contributed by atoms with van der Waals surface area (Å²) < 4.78 is 16.7. The Hall–Kier alpha value is -3.91. The molecule has 0 saturated carbocycles. The van der Waals surface area contributed by atoms with E-state index in [1.807, 2.05) is 70.3 Å². The van der Waals surface area contributed by atoms with Gasteiger partial charge in [0.2, 0.25) is 5.91 Å². The monoisotopic (exact) mass is 485 g/mol. The van der Waals surface area contributed by atoms with Gasteiger partial charge in [0.1, 0.15) is 11.6 Å².